The molecule has 0 aromatic heterocycles. The number of hydrogen-bond acceptors (Lipinski definition) is 2. The lowest BCUT2D eigenvalue weighted by molar-refractivity contribution is 0.483. The number of hydrogen-bond donors (Lipinski definition) is 0. The molecular formula is C10H18NO2S. The third-order valence-electron chi connectivity index (χ3n) is 3.45. The Balaban J connectivity index is 2.05. The quantitative estimate of drug-likeness (QED) is 0.694. The van der Waals surface area contributed by atoms with E-state index in [-0.39, 0.29) is 10.5 Å². The Bertz CT molecular complexity index is 274. The van der Waals surface area contributed by atoms with Crippen molar-refractivity contribution in [1.29, 1.82) is 0 Å². The second-order valence-corrected chi connectivity index (χ2v) is 6.88. The normalized spacial score (nSPS) is 26.9. The molecule has 81 valence electrons. The van der Waals surface area contributed by atoms with E-state index < -0.39 is 9.84 Å². The zero-order valence-corrected chi connectivity index (χ0v) is 9.30. The standard InChI is InChI=1S/C10H18NO2S/c12-14(13,9-3-1-2-4-9)10-5-7-11-8-6-10/h9-10H,1-8H2. The first-order chi connectivity index (χ1) is 6.71. The molecule has 0 bridgehead atoms. The molecule has 0 N–H and O–H groups in total. The molecule has 1 radical (unpaired) electrons. The first-order valence-electron chi connectivity index (χ1n) is 5.57. The van der Waals surface area contributed by atoms with Crippen LogP contribution in [0.5, 0.6) is 0 Å². The van der Waals surface area contributed by atoms with Crippen molar-refractivity contribution < 1.29 is 8.42 Å². The zero-order valence-electron chi connectivity index (χ0n) is 8.48. The van der Waals surface area contributed by atoms with Crippen LogP contribution in [0, 0.1) is 0 Å². The van der Waals surface area contributed by atoms with Gasteiger partial charge in [0.1, 0.15) is 0 Å². The summed E-state index contributed by atoms with van der Waals surface area (Å²) in [5.74, 6) is 0. The van der Waals surface area contributed by atoms with E-state index in [1.54, 1.807) is 0 Å². The number of sulfone groups is 1. The molecule has 0 unspecified atom stereocenters. The van der Waals surface area contributed by atoms with Gasteiger partial charge in [-0.2, -0.15) is 0 Å². The van der Waals surface area contributed by atoms with E-state index >= 15 is 0 Å². The van der Waals surface area contributed by atoms with Crippen LogP contribution in [0.3, 0.4) is 0 Å². The van der Waals surface area contributed by atoms with E-state index in [2.05, 4.69) is 5.32 Å². The summed E-state index contributed by atoms with van der Waals surface area (Å²) in [6.07, 6.45) is 5.52. The van der Waals surface area contributed by atoms with Gasteiger partial charge in [-0.05, 0) is 25.7 Å². The van der Waals surface area contributed by atoms with E-state index in [1.165, 1.54) is 0 Å². The maximum atomic E-state index is 12.1. The van der Waals surface area contributed by atoms with Gasteiger partial charge in [-0.15, -0.1) is 0 Å². The van der Waals surface area contributed by atoms with Crippen LogP contribution in [0.15, 0.2) is 0 Å². The fraction of sp³-hybridized carbons (Fsp3) is 1.00. The van der Waals surface area contributed by atoms with Gasteiger partial charge >= 0.3 is 0 Å². The smallest absolute Gasteiger partial charge is 0.156 e. The van der Waals surface area contributed by atoms with Gasteiger partial charge in [0.25, 0.3) is 0 Å². The third kappa shape index (κ3) is 1.96. The highest BCUT2D eigenvalue weighted by Gasteiger charge is 2.36. The molecule has 0 atom stereocenters. The van der Waals surface area contributed by atoms with E-state index in [4.69, 9.17) is 0 Å². The highest BCUT2D eigenvalue weighted by Crippen LogP contribution is 2.30. The molecule has 1 saturated carbocycles. The lowest BCUT2D eigenvalue weighted by atomic mass is 10.2. The summed E-state index contributed by atoms with van der Waals surface area (Å²) in [7, 11) is -2.82. The number of rotatable bonds is 2. The zero-order chi connectivity index (χ0) is 10.0. The molecule has 4 heteroatoms. The molecule has 1 aliphatic heterocycles. The van der Waals surface area contributed by atoms with Crippen molar-refractivity contribution in [2.45, 2.75) is 49.0 Å². The molecule has 0 aromatic rings. The highest BCUT2D eigenvalue weighted by molar-refractivity contribution is 7.92. The van der Waals surface area contributed by atoms with E-state index in [9.17, 15) is 8.42 Å². The van der Waals surface area contributed by atoms with Gasteiger partial charge in [-0.1, -0.05) is 12.8 Å². The summed E-state index contributed by atoms with van der Waals surface area (Å²) < 4.78 is 24.3. The summed E-state index contributed by atoms with van der Waals surface area (Å²) in [6.45, 7) is 1.49. The minimum Gasteiger partial charge on any atom is -0.242 e. The SMILES string of the molecule is O=S(=O)(C1CCCC1)C1CC[N]CC1. The Morgan fingerprint density at radius 2 is 1.36 bits per heavy atom. The van der Waals surface area contributed by atoms with Crippen LogP contribution in [-0.2, 0) is 9.84 Å². The molecular weight excluding hydrogens is 198 g/mol. The molecule has 1 saturated heterocycles. The minimum absolute atomic E-state index is 0.0226. The summed E-state index contributed by atoms with van der Waals surface area (Å²) in [5.41, 5.74) is 0. The monoisotopic (exact) mass is 216 g/mol. The van der Waals surface area contributed by atoms with Crippen LogP contribution >= 0.6 is 0 Å². The van der Waals surface area contributed by atoms with Crippen LogP contribution in [0.2, 0.25) is 0 Å². The van der Waals surface area contributed by atoms with Crippen molar-refractivity contribution in [3.05, 3.63) is 0 Å². The van der Waals surface area contributed by atoms with E-state index in [0.29, 0.717) is 0 Å². The maximum absolute atomic E-state index is 12.1. The predicted octanol–water partition coefficient (Wildman–Crippen LogP) is 1.11. The van der Waals surface area contributed by atoms with Gasteiger partial charge in [-0.3, -0.25) is 0 Å². The largest absolute Gasteiger partial charge is 0.242 e. The van der Waals surface area contributed by atoms with Crippen molar-refractivity contribution in [2.75, 3.05) is 13.1 Å². The lowest BCUT2D eigenvalue weighted by Gasteiger charge is -2.24. The first-order valence-corrected chi connectivity index (χ1v) is 7.18. The molecule has 3 nitrogen and oxygen atoms in total. The Labute approximate surface area is 86.2 Å². The van der Waals surface area contributed by atoms with Gasteiger partial charge in [0.05, 0.1) is 10.5 Å². The van der Waals surface area contributed by atoms with Crippen molar-refractivity contribution in [1.82, 2.24) is 5.32 Å². The highest BCUT2D eigenvalue weighted by atomic mass is 32.2. The van der Waals surface area contributed by atoms with Crippen molar-refractivity contribution >= 4 is 9.84 Å². The average molecular weight is 216 g/mol. The second kappa shape index (κ2) is 4.19. The number of piperidine rings is 1. The summed E-state index contributed by atoms with van der Waals surface area (Å²) in [6, 6.07) is 0. The number of nitrogens with zero attached hydrogens (tertiary/aromatic N) is 1. The van der Waals surface area contributed by atoms with Crippen LogP contribution in [-0.4, -0.2) is 32.0 Å². The Kier molecular flexibility index (Phi) is 3.12. The van der Waals surface area contributed by atoms with Gasteiger partial charge in [0.15, 0.2) is 9.84 Å². The first kappa shape index (κ1) is 10.4. The van der Waals surface area contributed by atoms with Crippen LogP contribution < -0.4 is 5.32 Å². The lowest BCUT2D eigenvalue weighted by Crippen LogP contribution is -2.37. The molecule has 2 aliphatic rings. The Hall–Kier alpha value is -0.0900. The van der Waals surface area contributed by atoms with E-state index in [0.717, 1.165) is 51.6 Å². The third-order valence-corrected chi connectivity index (χ3v) is 6.25. The maximum Gasteiger partial charge on any atom is 0.156 e. The Morgan fingerprint density at radius 1 is 0.857 bits per heavy atom. The molecule has 2 fully saturated rings. The molecule has 2 rings (SSSR count). The molecule has 1 heterocycles. The summed E-state index contributed by atoms with van der Waals surface area (Å²) >= 11 is 0. The van der Waals surface area contributed by atoms with E-state index in [1.807, 2.05) is 0 Å². The average Bonchev–Trinajstić information content (AvgIpc) is 2.72. The molecule has 0 aromatic carbocycles. The van der Waals surface area contributed by atoms with Crippen molar-refractivity contribution in [2.24, 2.45) is 0 Å². The van der Waals surface area contributed by atoms with Gasteiger partial charge in [0.2, 0.25) is 0 Å². The Morgan fingerprint density at radius 3 is 1.93 bits per heavy atom. The molecule has 0 spiro atoms. The second-order valence-electron chi connectivity index (χ2n) is 4.37. The molecule has 1 aliphatic carbocycles. The minimum atomic E-state index is -2.82. The van der Waals surface area contributed by atoms with Crippen LogP contribution in [0.4, 0.5) is 0 Å². The molecule has 14 heavy (non-hydrogen) atoms. The topological polar surface area (TPSA) is 48.2 Å². The predicted molar refractivity (Wildman–Crippen MR) is 56.1 cm³/mol. The van der Waals surface area contributed by atoms with Crippen molar-refractivity contribution in [3.8, 4) is 0 Å². The molecule has 0 amide bonds. The van der Waals surface area contributed by atoms with Crippen molar-refractivity contribution in [3.63, 3.8) is 0 Å². The fourth-order valence-electron chi connectivity index (χ4n) is 2.54. The fourth-order valence-corrected chi connectivity index (χ4v) is 4.95. The van der Waals surface area contributed by atoms with Crippen LogP contribution in [0.1, 0.15) is 38.5 Å². The van der Waals surface area contributed by atoms with Gasteiger partial charge < -0.3 is 0 Å². The summed E-state index contributed by atoms with van der Waals surface area (Å²) in [5, 5.41) is 4.10. The van der Waals surface area contributed by atoms with Crippen LogP contribution in [0.25, 0.3) is 0 Å². The van der Waals surface area contributed by atoms with Gasteiger partial charge in [0, 0.05) is 13.1 Å². The van der Waals surface area contributed by atoms with Gasteiger partial charge in [-0.25, -0.2) is 13.7 Å². The summed E-state index contributed by atoms with van der Waals surface area (Å²) in [4.78, 5) is 0.